The van der Waals surface area contributed by atoms with Gasteiger partial charge in [0, 0.05) is 11.3 Å². The number of hydrogen-bond donors (Lipinski definition) is 2. The molecule has 0 spiro atoms. The van der Waals surface area contributed by atoms with E-state index in [2.05, 4.69) is 21.3 Å². The molecule has 0 radical (unpaired) electrons. The highest BCUT2D eigenvalue weighted by Crippen LogP contribution is 2.14. The minimum absolute atomic E-state index is 0.0760. The first-order chi connectivity index (χ1) is 9.15. The molecule has 1 aromatic carbocycles. The highest BCUT2D eigenvalue weighted by Gasteiger charge is 2.12. The van der Waals surface area contributed by atoms with Crippen LogP contribution in [0.3, 0.4) is 0 Å². The molecule has 6 nitrogen and oxygen atoms in total. The Morgan fingerprint density at radius 1 is 1.53 bits per heavy atom. The third-order valence-corrected chi connectivity index (χ3v) is 2.43. The molecule has 0 aromatic heterocycles. The number of carbonyl (C=O) groups is 1. The molecule has 0 saturated carbocycles. The van der Waals surface area contributed by atoms with Gasteiger partial charge in [0.15, 0.2) is 0 Å². The summed E-state index contributed by atoms with van der Waals surface area (Å²) in [6.07, 6.45) is 5.53. The summed E-state index contributed by atoms with van der Waals surface area (Å²) in [5.41, 5.74) is 9.38. The fourth-order valence-corrected chi connectivity index (χ4v) is 1.57. The second kappa shape index (κ2) is 7.64. The van der Waals surface area contributed by atoms with Gasteiger partial charge in [-0.3, -0.25) is 4.79 Å². The van der Waals surface area contributed by atoms with Crippen molar-refractivity contribution in [2.75, 3.05) is 6.54 Å². The summed E-state index contributed by atoms with van der Waals surface area (Å²) in [6, 6.07) is 6.04. The zero-order chi connectivity index (χ0) is 14.1. The van der Waals surface area contributed by atoms with Crippen molar-refractivity contribution in [2.24, 2.45) is 5.11 Å². The monoisotopic (exact) mass is 258 g/mol. The SMILES string of the molecule is C#CCNC(=O)CC(Cc1ccc(O)cc1)N=[N+]=[N-]. The molecule has 6 heteroatoms. The van der Waals surface area contributed by atoms with E-state index in [4.69, 9.17) is 12.0 Å². The zero-order valence-corrected chi connectivity index (χ0v) is 10.3. The third-order valence-electron chi connectivity index (χ3n) is 2.43. The summed E-state index contributed by atoms with van der Waals surface area (Å²) < 4.78 is 0. The molecule has 1 amide bonds. The number of hydrogen-bond acceptors (Lipinski definition) is 3. The van der Waals surface area contributed by atoms with Crippen molar-refractivity contribution in [1.29, 1.82) is 0 Å². The molecule has 0 saturated heterocycles. The summed E-state index contributed by atoms with van der Waals surface area (Å²) in [4.78, 5) is 14.2. The van der Waals surface area contributed by atoms with Gasteiger partial charge in [0.2, 0.25) is 5.91 Å². The molecule has 1 unspecified atom stereocenters. The van der Waals surface area contributed by atoms with Crippen LogP contribution in [0.5, 0.6) is 5.75 Å². The molecule has 0 aliphatic rings. The Bertz CT molecular complexity index is 512. The second-order valence-corrected chi connectivity index (χ2v) is 3.91. The Labute approximate surface area is 111 Å². The highest BCUT2D eigenvalue weighted by atomic mass is 16.3. The smallest absolute Gasteiger partial charge is 0.221 e. The molecule has 1 aromatic rings. The number of amides is 1. The summed E-state index contributed by atoms with van der Waals surface area (Å²) in [7, 11) is 0. The zero-order valence-electron chi connectivity index (χ0n) is 10.3. The quantitative estimate of drug-likeness (QED) is 0.351. The second-order valence-electron chi connectivity index (χ2n) is 3.91. The fraction of sp³-hybridized carbons (Fsp3) is 0.308. The van der Waals surface area contributed by atoms with E-state index in [0.29, 0.717) is 6.42 Å². The summed E-state index contributed by atoms with van der Waals surface area (Å²) >= 11 is 0. The van der Waals surface area contributed by atoms with E-state index < -0.39 is 6.04 Å². The predicted octanol–water partition coefficient (Wildman–Crippen LogP) is 1.75. The number of rotatable bonds is 6. The minimum atomic E-state index is -0.479. The van der Waals surface area contributed by atoms with Gasteiger partial charge in [-0.1, -0.05) is 23.2 Å². The van der Waals surface area contributed by atoms with Crippen LogP contribution >= 0.6 is 0 Å². The minimum Gasteiger partial charge on any atom is -0.508 e. The lowest BCUT2D eigenvalue weighted by atomic mass is 10.0. The summed E-state index contributed by atoms with van der Waals surface area (Å²) in [5, 5.41) is 15.3. The largest absolute Gasteiger partial charge is 0.508 e. The van der Waals surface area contributed by atoms with E-state index in [1.807, 2.05) is 0 Å². The fourth-order valence-electron chi connectivity index (χ4n) is 1.57. The van der Waals surface area contributed by atoms with Gasteiger partial charge in [0.05, 0.1) is 12.6 Å². The summed E-state index contributed by atoms with van der Waals surface area (Å²) in [5.74, 6) is 2.20. The molecular weight excluding hydrogens is 244 g/mol. The van der Waals surface area contributed by atoms with Crippen LogP contribution in [0.15, 0.2) is 29.4 Å². The first-order valence-corrected chi connectivity index (χ1v) is 5.68. The van der Waals surface area contributed by atoms with E-state index in [1.165, 1.54) is 0 Å². The van der Waals surface area contributed by atoms with Gasteiger partial charge >= 0.3 is 0 Å². The van der Waals surface area contributed by atoms with Crippen LogP contribution < -0.4 is 5.32 Å². The number of terminal acetylenes is 1. The van der Waals surface area contributed by atoms with Crippen LogP contribution in [0.1, 0.15) is 12.0 Å². The van der Waals surface area contributed by atoms with Crippen molar-refractivity contribution in [3.63, 3.8) is 0 Å². The molecule has 19 heavy (non-hydrogen) atoms. The Balaban J connectivity index is 2.62. The van der Waals surface area contributed by atoms with Crippen LogP contribution in [-0.2, 0) is 11.2 Å². The number of nitrogens with one attached hydrogen (secondary N) is 1. The third kappa shape index (κ3) is 5.48. The van der Waals surface area contributed by atoms with Crippen LogP contribution in [0.2, 0.25) is 0 Å². The maximum Gasteiger partial charge on any atom is 0.221 e. The van der Waals surface area contributed by atoms with E-state index in [1.54, 1.807) is 24.3 Å². The standard InChI is InChI=1S/C13H14N4O2/c1-2-7-15-13(19)9-11(16-17-14)8-10-3-5-12(18)6-4-10/h1,3-6,11,18H,7-9H2,(H,15,19). The molecule has 0 aliphatic heterocycles. The Kier molecular flexibility index (Phi) is 5.80. The normalized spacial score (nSPS) is 10.9. The average Bonchev–Trinajstić information content (AvgIpc) is 2.39. The first kappa shape index (κ1) is 14.4. The van der Waals surface area contributed by atoms with Gasteiger partial charge in [-0.2, -0.15) is 0 Å². The topological polar surface area (TPSA) is 98.1 Å². The average molecular weight is 258 g/mol. The van der Waals surface area contributed by atoms with Gasteiger partial charge in [-0.15, -0.1) is 6.42 Å². The maximum absolute atomic E-state index is 11.5. The Hall–Kier alpha value is -2.64. The van der Waals surface area contributed by atoms with E-state index in [-0.39, 0.29) is 24.6 Å². The number of phenolic OH excluding ortho intramolecular Hbond substituents is 1. The lowest BCUT2D eigenvalue weighted by Crippen LogP contribution is -2.27. The number of azide groups is 1. The van der Waals surface area contributed by atoms with Gasteiger partial charge in [-0.25, -0.2) is 0 Å². The molecular formula is C13H14N4O2. The molecule has 1 atom stereocenters. The number of nitrogens with zero attached hydrogens (tertiary/aromatic N) is 3. The van der Waals surface area contributed by atoms with Crippen LogP contribution in [0.4, 0.5) is 0 Å². The number of carbonyl (C=O) groups excluding carboxylic acids is 1. The van der Waals surface area contributed by atoms with Crippen molar-refractivity contribution in [2.45, 2.75) is 18.9 Å². The molecule has 0 aliphatic carbocycles. The van der Waals surface area contributed by atoms with Gasteiger partial charge < -0.3 is 10.4 Å². The maximum atomic E-state index is 11.5. The van der Waals surface area contributed by atoms with Crippen molar-refractivity contribution >= 4 is 5.91 Å². The number of phenols is 1. The van der Waals surface area contributed by atoms with Crippen molar-refractivity contribution < 1.29 is 9.90 Å². The highest BCUT2D eigenvalue weighted by molar-refractivity contribution is 5.76. The van der Waals surface area contributed by atoms with Crippen LogP contribution in [0, 0.1) is 12.3 Å². The lowest BCUT2D eigenvalue weighted by Gasteiger charge is -2.10. The van der Waals surface area contributed by atoms with Gasteiger partial charge in [0.25, 0.3) is 0 Å². The molecule has 0 bridgehead atoms. The first-order valence-electron chi connectivity index (χ1n) is 5.68. The molecule has 0 fully saturated rings. The molecule has 98 valence electrons. The lowest BCUT2D eigenvalue weighted by molar-refractivity contribution is -0.121. The molecule has 0 heterocycles. The Morgan fingerprint density at radius 2 is 2.21 bits per heavy atom. The van der Waals surface area contributed by atoms with E-state index >= 15 is 0 Å². The van der Waals surface area contributed by atoms with Gasteiger partial charge in [0.1, 0.15) is 5.75 Å². The van der Waals surface area contributed by atoms with E-state index in [0.717, 1.165) is 5.56 Å². The van der Waals surface area contributed by atoms with Gasteiger partial charge in [-0.05, 0) is 29.6 Å². The van der Waals surface area contributed by atoms with E-state index in [9.17, 15) is 9.90 Å². The van der Waals surface area contributed by atoms with Crippen molar-refractivity contribution in [3.8, 4) is 18.1 Å². The van der Waals surface area contributed by atoms with Crippen molar-refractivity contribution in [3.05, 3.63) is 40.3 Å². The van der Waals surface area contributed by atoms with Crippen LogP contribution in [-0.4, -0.2) is 23.6 Å². The molecule has 1 rings (SSSR count). The van der Waals surface area contributed by atoms with Crippen LogP contribution in [0.25, 0.3) is 10.4 Å². The summed E-state index contributed by atoms with van der Waals surface area (Å²) in [6.45, 7) is 0.154. The number of benzene rings is 1. The predicted molar refractivity (Wildman–Crippen MR) is 71.2 cm³/mol. The Morgan fingerprint density at radius 3 is 2.79 bits per heavy atom. The molecule has 2 N–H and O–H groups in total. The van der Waals surface area contributed by atoms with Crippen molar-refractivity contribution in [1.82, 2.24) is 5.32 Å². The number of aromatic hydroxyl groups is 1.